The molecule has 0 amide bonds. The van der Waals surface area contributed by atoms with Crippen molar-refractivity contribution >= 4 is 5.97 Å². The van der Waals surface area contributed by atoms with E-state index in [0.29, 0.717) is 0 Å². The van der Waals surface area contributed by atoms with Gasteiger partial charge in [0.2, 0.25) is 0 Å². The predicted molar refractivity (Wildman–Crippen MR) is 56.4 cm³/mol. The van der Waals surface area contributed by atoms with Crippen LogP contribution in [-0.4, -0.2) is 33.0 Å². The van der Waals surface area contributed by atoms with Gasteiger partial charge in [-0.1, -0.05) is 0 Å². The van der Waals surface area contributed by atoms with Crippen LogP contribution in [0, 0.1) is 13.8 Å². The molecular formula is C10H16N2O3. The minimum atomic E-state index is -1.76. The average molecular weight is 212 g/mol. The first-order valence-electron chi connectivity index (χ1n) is 4.69. The van der Waals surface area contributed by atoms with Crippen molar-refractivity contribution in [3.63, 3.8) is 0 Å². The number of aliphatic hydroxyl groups is 1. The van der Waals surface area contributed by atoms with Crippen molar-refractivity contribution in [3.05, 3.63) is 23.5 Å². The monoisotopic (exact) mass is 212 g/mol. The van der Waals surface area contributed by atoms with Crippen molar-refractivity contribution < 1.29 is 15.0 Å². The van der Waals surface area contributed by atoms with Crippen molar-refractivity contribution in [2.45, 2.75) is 26.4 Å². The smallest absolute Gasteiger partial charge is 0.337 e. The molecule has 0 saturated heterocycles. The molecule has 15 heavy (non-hydrogen) atoms. The van der Waals surface area contributed by atoms with Crippen molar-refractivity contribution in [1.29, 1.82) is 0 Å². The van der Waals surface area contributed by atoms with E-state index in [4.69, 9.17) is 5.11 Å². The molecule has 0 aliphatic heterocycles. The maximum atomic E-state index is 10.7. The summed E-state index contributed by atoms with van der Waals surface area (Å²) in [7, 11) is 0. The highest BCUT2D eigenvalue weighted by atomic mass is 16.4. The Morgan fingerprint density at radius 2 is 1.93 bits per heavy atom. The van der Waals surface area contributed by atoms with Crippen molar-refractivity contribution in [2.24, 2.45) is 0 Å². The van der Waals surface area contributed by atoms with Crippen LogP contribution < -0.4 is 5.43 Å². The maximum Gasteiger partial charge on any atom is 0.337 e. The van der Waals surface area contributed by atoms with Gasteiger partial charge < -0.3 is 15.6 Å². The molecule has 1 heterocycles. The Morgan fingerprint density at radius 1 is 1.47 bits per heavy atom. The Hall–Kier alpha value is -1.49. The SMILES string of the molecule is Cc1ccc(C)n1NCC(C)(O)C(=O)O. The molecule has 1 aromatic heterocycles. The van der Waals surface area contributed by atoms with Crippen molar-refractivity contribution in [3.8, 4) is 0 Å². The lowest BCUT2D eigenvalue weighted by Gasteiger charge is -2.21. The molecule has 1 rings (SSSR count). The Balaban J connectivity index is 2.69. The van der Waals surface area contributed by atoms with Crippen molar-refractivity contribution in [1.82, 2.24) is 4.68 Å². The minimum absolute atomic E-state index is 0.0430. The van der Waals surface area contributed by atoms with E-state index in [0.717, 1.165) is 11.4 Å². The minimum Gasteiger partial charge on any atom is -0.479 e. The lowest BCUT2D eigenvalue weighted by molar-refractivity contribution is -0.155. The summed E-state index contributed by atoms with van der Waals surface area (Å²) in [6.07, 6.45) is 0. The first kappa shape index (κ1) is 11.6. The summed E-state index contributed by atoms with van der Waals surface area (Å²) >= 11 is 0. The largest absolute Gasteiger partial charge is 0.479 e. The zero-order chi connectivity index (χ0) is 11.6. The molecule has 5 nitrogen and oxygen atoms in total. The summed E-state index contributed by atoms with van der Waals surface area (Å²) in [5.74, 6) is -1.24. The van der Waals surface area contributed by atoms with Crippen LogP contribution >= 0.6 is 0 Å². The third-order valence-electron chi connectivity index (χ3n) is 2.31. The van der Waals surface area contributed by atoms with E-state index in [1.807, 2.05) is 26.0 Å². The number of carbonyl (C=O) groups is 1. The number of nitrogens with zero attached hydrogens (tertiary/aromatic N) is 1. The second-order valence-electron chi connectivity index (χ2n) is 3.87. The van der Waals surface area contributed by atoms with Crippen LogP contribution in [0.15, 0.2) is 12.1 Å². The van der Waals surface area contributed by atoms with Gasteiger partial charge in [0.1, 0.15) is 0 Å². The van der Waals surface area contributed by atoms with Gasteiger partial charge in [0.25, 0.3) is 0 Å². The first-order chi connectivity index (χ1) is 6.84. The number of hydrogen-bond acceptors (Lipinski definition) is 3. The number of aryl methyl sites for hydroxylation is 2. The molecule has 0 aromatic carbocycles. The molecule has 0 aliphatic rings. The third kappa shape index (κ3) is 2.50. The number of hydrogen-bond donors (Lipinski definition) is 3. The number of rotatable bonds is 4. The zero-order valence-corrected chi connectivity index (χ0v) is 9.11. The molecular weight excluding hydrogens is 196 g/mol. The van der Waals surface area contributed by atoms with Gasteiger partial charge in [-0.15, -0.1) is 0 Å². The molecule has 3 N–H and O–H groups in total. The molecule has 1 unspecified atom stereocenters. The molecule has 0 aliphatic carbocycles. The number of aromatic nitrogens is 1. The number of carboxylic acids is 1. The van der Waals surface area contributed by atoms with E-state index in [9.17, 15) is 9.90 Å². The van der Waals surface area contributed by atoms with E-state index in [1.165, 1.54) is 6.92 Å². The van der Waals surface area contributed by atoms with Crippen LogP contribution in [-0.2, 0) is 4.79 Å². The second-order valence-corrected chi connectivity index (χ2v) is 3.87. The summed E-state index contributed by atoms with van der Waals surface area (Å²) in [6.45, 7) is 5.01. The van der Waals surface area contributed by atoms with Gasteiger partial charge in [0, 0.05) is 11.4 Å². The van der Waals surface area contributed by atoms with Crippen LogP contribution in [0.4, 0.5) is 0 Å². The summed E-state index contributed by atoms with van der Waals surface area (Å²) in [4.78, 5) is 10.7. The predicted octanol–water partition coefficient (Wildman–Crippen LogP) is 0.484. The van der Waals surface area contributed by atoms with E-state index in [2.05, 4.69) is 5.43 Å². The van der Waals surface area contributed by atoms with Gasteiger partial charge in [0.15, 0.2) is 5.60 Å². The summed E-state index contributed by atoms with van der Waals surface area (Å²) in [5.41, 5.74) is 3.04. The third-order valence-corrected chi connectivity index (χ3v) is 2.31. The van der Waals surface area contributed by atoms with Crippen molar-refractivity contribution in [2.75, 3.05) is 12.0 Å². The topological polar surface area (TPSA) is 74.5 Å². The van der Waals surface area contributed by atoms with E-state index < -0.39 is 11.6 Å². The highest BCUT2D eigenvalue weighted by Crippen LogP contribution is 2.07. The molecule has 1 atom stereocenters. The maximum absolute atomic E-state index is 10.7. The Kier molecular flexibility index (Phi) is 3.04. The van der Waals surface area contributed by atoms with Crippen LogP contribution in [0.1, 0.15) is 18.3 Å². The molecule has 0 spiro atoms. The molecule has 0 radical (unpaired) electrons. The molecule has 5 heteroatoms. The number of carboxylic acid groups (broad SMARTS) is 1. The molecule has 0 fully saturated rings. The zero-order valence-electron chi connectivity index (χ0n) is 9.11. The molecule has 1 aromatic rings. The lowest BCUT2D eigenvalue weighted by atomic mass is 10.1. The molecule has 0 saturated carbocycles. The van der Waals surface area contributed by atoms with E-state index >= 15 is 0 Å². The normalized spacial score (nSPS) is 14.7. The fourth-order valence-electron chi connectivity index (χ4n) is 1.23. The highest BCUT2D eigenvalue weighted by molar-refractivity contribution is 5.77. The summed E-state index contributed by atoms with van der Waals surface area (Å²) in [5, 5.41) is 18.2. The summed E-state index contributed by atoms with van der Waals surface area (Å²) < 4.78 is 1.75. The Labute approximate surface area is 88.3 Å². The van der Waals surface area contributed by atoms with Gasteiger partial charge in [-0.05, 0) is 32.9 Å². The fourth-order valence-corrected chi connectivity index (χ4v) is 1.23. The van der Waals surface area contributed by atoms with E-state index in [1.54, 1.807) is 4.68 Å². The quantitative estimate of drug-likeness (QED) is 0.678. The Bertz CT molecular complexity index is 349. The fraction of sp³-hybridized carbons (Fsp3) is 0.500. The van der Waals surface area contributed by atoms with Gasteiger partial charge in [-0.3, -0.25) is 4.68 Å². The standard InChI is InChI=1S/C10H16N2O3/c1-7-4-5-8(2)12(7)11-6-10(3,15)9(13)14/h4-5,11,15H,6H2,1-3H3,(H,13,14). The highest BCUT2D eigenvalue weighted by Gasteiger charge is 2.29. The second kappa shape index (κ2) is 3.94. The summed E-state index contributed by atoms with van der Waals surface area (Å²) in [6, 6.07) is 3.83. The first-order valence-corrected chi connectivity index (χ1v) is 4.69. The Morgan fingerprint density at radius 3 is 2.33 bits per heavy atom. The van der Waals surface area contributed by atoms with Crippen LogP contribution in [0.5, 0.6) is 0 Å². The van der Waals surface area contributed by atoms with Crippen LogP contribution in [0.2, 0.25) is 0 Å². The van der Waals surface area contributed by atoms with Crippen LogP contribution in [0.25, 0.3) is 0 Å². The molecule has 84 valence electrons. The van der Waals surface area contributed by atoms with Gasteiger partial charge >= 0.3 is 5.97 Å². The number of nitrogens with one attached hydrogen (secondary N) is 1. The number of aliphatic carboxylic acids is 1. The average Bonchev–Trinajstić information content (AvgIpc) is 2.43. The van der Waals surface area contributed by atoms with E-state index in [-0.39, 0.29) is 6.54 Å². The molecule has 0 bridgehead atoms. The van der Waals surface area contributed by atoms with Gasteiger partial charge in [0.05, 0.1) is 6.54 Å². The van der Waals surface area contributed by atoms with Gasteiger partial charge in [-0.25, -0.2) is 4.79 Å². The van der Waals surface area contributed by atoms with Crippen LogP contribution in [0.3, 0.4) is 0 Å². The lowest BCUT2D eigenvalue weighted by Crippen LogP contribution is -2.44. The van der Waals surface area contributed by atoms with Gasteiger partial charge in [-0.2, -0.15) is 0 Å².